The predicted octanol–water partition coefficient (Wildman–Crippen LogP) is 3.40. The van der Waals surface area contributed by atoms with Crippen LogP contribution in [0, 0.1) is 10.1 Å². The summed E-state index contributed by atoms with van der Waals surface area (Å²) in [6, 6.07) is 11.2. The van der Waals surface area contributed by atoms with E-state index in [4.69, 9.17) is 5.11 Å². The number of hydrogen-bond donors (Lipinski definition) is 1. The Bertz CT molecular complexity index is 866. The maximum atomic E-state index is 12.8. The van der Waals surface area contributed by atoms with Crippen molar-refractivity contribution in [3.05, 3.63) is 68.7 Å². The third-order valence-electron chi connectivity index (χ3n) is 3.40. The number of amides is 2. The Labute approximate surface area is 156 Å². The van der Waals surface area contributed by atoms with Gasteiger partial charge in [-0.1, -0.05) is 22.0 Å². The van der Waals surface area contributed by atoms with Gasteiger partial charge in [-0.3, -0.25) is 24.5 Å². The average Bonchev–Trinajstić information content (AvgIpc) is 2.60. The number of hydrogen-bond acceptors (Lipinski definition) is 5. The number of nitro groups is 1. The first-order valence-corrected chi connectivity index (χ1v) is 8.18. The first kappa shape index (κ1) is 19.3. The molecule has 26 heavy (non-hydrogen) atoms. The van der Waals surface area contributed by atoms with Gasteiger partial charge in [-0.2, -0.15) is 0 Å². The first-order chi connectivity index (χ1) is 12.3. The zero-order chi connectivity index (χ0) is 19.3. The number of nitrogens with zero attached hydrogens (tertiary/aromatic N) is 2. The Kier molecular flexibility index (Phi) is 6.18. The summed E-state index contributed by atoms with van der Waals surface area (Å²) in [6.45, 7) is 0. The number of halogens is 1. The van der Waals surface area contributed by atoms with Crippen molar-refractivity contribution in [2.45, 2.75) is 12.8 Å². The molecule has 2 aromatic rings. The van der Waals surface area contributed by atoms with Crippen molar-refractivity contribution in [1.29, 1.82) is 0 Å². The summed E-state index contributed by atoms with van der Waals surface area (Å²) in [7, 11) is 0. The fraction of sp³-hybridized carbons (Fsp3) is 0.118. The molecule has 0 unspecified atom stereocenters. The standard InChI is InChI=1S/C17H13BrN2O6/c18-12-3-1-2-11(10-12)17(24)19(15(21)8-9-16(22)23)13-4-6-14(7-5-13)20(25)26/h1-7,10H,8-9H2,(H,22,23). The van der Waals surface area contributed by atoms with Gasteiger partial charge in [0.25, 0.3) is 11.6 Å². The van der Waals surface area contributed by atoms with Gasteiger partial charge in [-0.15, -0.1) is 0 Å². The van der Waals surface area contributed by atoms with E-state index in [9.17, 15) is 24.5 Å². The van der Waals surface area contributed by atoms with Gasteiger partial charge in [-0.05, 0) is 30.3 Å². The largest absolute Gasteiger partial charge is 0.481 e. The van der Waals surface area contributed by atoms with Gasteiger partial charge < -0.3 is 5.11 Å². The number of carboxylic acid groups (broad SMARTS) is 1. The number of aliphatic carboxylic acids is 1. The highest BCUT2D eigenvalue weighted by Crippen LogP contribution is 2.23. The Morgan fingerprint density at radius 3 is 2.27 bits per heavy atom. The lowest BCUT2D eigenvalue weighted by molar-refractivity contribution is -0.384. The summed E-state index contributed by atoms with van der Waals surface area (Å²) in [4.78, 5) is 47.0. The van der Waals surface area contributed by atoms with Crippen LogP contribution in [0.3, 0.4) is 0 Å². The smallest absolute Gasteiger partial charge is 0.303 e. The molecule has 0 saturated carbocycles. The van der Waals surface area contributed by atoms with Gasteiger partial charge in [-0.25, -0.2) is 4.90 Å². The number of carbonyl (C=O) groups is 3. The molecule has 0 spiro atoms. The highest BCUT2D eigenvalue weighted by atomic mass is 79.9. The van der Waals surface area contributed by atoms with Gasteiger partial charge >= 0.3 is 5.97 Å². The van der Waals surface area contributed by atoms with Crippen LogP contribution in [0.4, 0.5) is 11.4 Å². The highest BCUT2D eigenvalue weighted by molar-refractivity contribution is 9.10. The average molecular weight is 421 g/mol. The van der Waals surface area contributed by atoms with E-state index >= 15 is 0 Å². The van der Waals surface area contributed by atoms with Gasteiger partial charge in [0.2, 0.25) is 5.91 Å². The zero-order valence-electron chi connectivity index (χ0n) is 13.3. The lowest BCUT2D eigenvalue weighted by Gasteiger charge is -2.21. The van der Waals surface area contributed by atoms with Crippen LogP contribution in [-0.4, -0.2) is 27.8 Å². The minimum absolute atomic E-state index is 0.121. The predicted molar refractivity (Wildman–Crippen MR) is 95.9 cm³/mol. The van der Waals surface area contributed by atoms with Gasteiger partial charge in [0.1, 0.15) is 0 Å². The van der Waals surface area contributed by atoms with Crippen LogP contribution in [-0.2, 0) is 9.59 Å². The molecule has 0 atom stereocenters. The molecule has 0 aliphatic carbocycles. The normalized spacial score (nSPS) is 10.2. The van der Waals surface area contributed by atoms with Crippen molar-refractivity contribution in [2.24, 2.45) is 0 Å². The van der Waals surface area contributed by atoms with E-state index in [0.717, 1.165) is 4.90 Å². The van der Waals surface area contributed by atoms with Gasteiger partial charge in [0.15, 0.2) is 0 Å². The molecule has 0 saturated heterocycles. The molecule has 0 bridgehead atoms. The molecule has 8 nitrogen and oxygen atoms in total. The Hall–Kier alpha value is -3.07. The third-order valence-corrected chi connectivity index (χ3v) is 3.89. The van der Waals surface area contributed by atoms with Crippen molar-refractivity contribution < 1.29 is 24.4 Å². The molecule has 2 amide bonds. The van der Waals surface area contributed by atoms with Crippen molar-refractivity contribution in [1.82, 2.24) is 0 Å². The van der Waals surface area contributed by atoms with Crippen molar-refractivity contribution in [2.75, 3.05) is 4.90 Å². The van der Waals surface area contributed by atoms with E-state index in [-0.39, 0.29) is 23.4 Å². The summed E-state index contributed by atoms with van der Waals surface area (Å²) < 4.78 is 0.630. The highest BCUT2D eigenvalue weighted by Gasteiger charge is 2.25. The van der Waals surface area contributed by atoms with Crippen molar-refractivity contribution in [3.8, 4) is 0 Å². The molecule has 9 heteroatoms. The Balaban J connectivity index is 2.40. The summed E-state index contributed by atoms with van der Waals surface area (Å²) in [5.41, 5.74) is 0.138. The zero-order valence-corrected chi connectivity index (χ0v) is 14.9. The molecule has 134 valence electrons. The second kappa shape index (κ2) is 8.34. The molecule has 2 rings (SSSR count). The van der Waals surface area contributed by atoms with E-state index < -0.39 is 29.1 Å². The second-order valence-corrected chi connectivity index (χ2v) is 6.13. The molecule has 0 aliphatic rings. The quantitative estimate of drug-likeness (QED) is 0.564. The van der Waals surface area contributed by atoms with Crippen LogP contribution in [0.15, 0.2) is 53.0 Å². The number of anilines is 1. The monoisotopic (exact) mass is 420 g/mol. The minimum Gasteiger partial charge on any atom is -0.481 e. The van der Waals surface area contributed by atoms with E-state index in [2.05, 4.69) is 15.9 Å². The van der Waals surface area contributed by atoms with Crippen LogP contribution in [0.5, 0.6) is 0 Å². The molecule has 0 radical (unpaired) electrons. The van der Waals surface area contributed by atoms with E-state index in [1.807, 2.05) is 0 Å². The molecule has 0 aromatic heterocycles. The lowest BCUT2D eigenvalue weighted by atomic mass is 10.1. The van der Waals surface area contributed by atoms with Gasteiger partial charge in [0, 0.05) is 28.6 Å². The Morgan fingerprint density at radius 1 is 1.08 bits per heavy atom. The van der Waals surface area contributed by atoms with E-state index in [0.29, 0.717) is 4.47 Å². The number of non-ortho nitro benzene ring substituents is 1. The number of rotatable bonds is 6. The molecule has 2 aromatic carbocycles. The molecule has 0 aliphatic heterocycles. The number of imide groups is 1. The summed E-state index contributed by atoms with van der Waals surface area (Å²) in [5.74, 6) is -2.54. The van der Waals surface area contributed by atoms with Crippen LogP contribution in [0.1, 0.15) is 23.2 Å². The van der Waals surface area contributed by atoms with Crippen LogP contribution in [0.2, 0.25) is 0 Å². The van der Waals surface area contributed by atoms with Crippen molar-refractivity contribution >= 4 is 45.1 Å². The third kappa shape index (κ3) is 4.73. The summed E-state index contributed by atoms with van der Waals surface area (Å²) in [6.07, 6.45) is -0.819. The fourth-order valence-corrected chi connectivity index (χ4v) is 2.57. The molecule has 0 fully saturated rings. The first-order valence-electron chi connectivity index (χ1n) is 7.38. The topological polar surface area (TPSA) is 118 Å². The summed E-state index contributed by atoms with van der Waals surface area (Å²) >= 11 is 3.24. The minimum atomic E-state index is -1.17. The van der Waals surface area contributed by atoms with E-state index in [1.54, 1.807) is 12.1 Å². The number of carbonyl (C=O) groups excluding carboxylic acids is 2. The maximum Gasteiger partial charge on any atom is 0.303 e. The Morgan fingerprint density at radius 2 is 1.73 bits per heavy atom. The van der Waals surface area contributed by atoms with E-state index in [1.165, 1.54) is 36.4 Å². The fourth-order valence-electron chi connectivity index (χ4n) is 2.17. The summed E-state index contributed by atoms with van der Waals surface area (Å²) in [5, 5.41) is 19.5. The number of benzene rings is 2. The molecular formula is C17H13BrN2O6. The molecule has 1 N–H and O–H groups in total. The van der Waals surface area contributed by atoms with Gasteiger partial charge in [0.05, 0.1) is 17.0 Å². The molecule has 0 heterocycles. The van der Waals surface area contributed by atoms with Crippen LogP contribution in [0.25, 0.3) is 0 Å². The molecular weight excluding hydrogens is 408 g/mol. The maximum absolute atomic E-state index is 12.8. The lowest BCUT2D eigenvalue weighted by Crippen LogP contribution is -2.37. The second-order valence-electron chi connectivity index (χ2n) is 5.21. The number of carboxylic acids is 1. The van der Waals surface area contributed by atoms with Crippen LogP contribution >= 0.6 is 15.9 Å². The number of nitro benzene ring substituents is 1. The SMILES string of the molecule is O=C(O)CCC(=O)N(C(=O)c1cccc(Br)c1)c1ccc([N+](=O)[O-])cc1. The van der Waals surface area contributed by atoms with Crippen molar-refractivity contribution in [3.63, 3.8) is 0 Å². The van der Waals surface area contributed by atoms with Crippen LogP contribution < -0.4 is 4.90 Å².